The van der Waals surface area contributed by atoms with E-state index in [2.05, 4.69) is 74.6 Å². The van der Waals surface area contributed by atoms with Crippen molar-refractivity contribution < 1.29 is 0 Å². The van der Waals surface area contributed by atoms with Gasteiger partial charge < -0.3 is 15.2 Å². The van der Waals surface area contributed by atoms with Gasteiger partial charge in [0.2, 0.25) is 0 Å². The fourth-order valence-corrected chi connectivity index (χ4v) is 4.46. The van der Waals surface area contributed by atoms with Gasteiger partial charge in [-0.1, -0.05) is 50.6 Å². The number of aromatic nitrogens is 3. The average Bonchev–Trinajstić information content (AvgIpc) is 3.02. The van der Waals surface area contributed by atoms with Crippen molar-refractivity contribution >= 4 is 5.96 Å². The highest BCUT2D eigenvalue weighted by Gasteiger charge is 2.28. The van der Waals surface area contributed by atoms with E-state index in [9.17, 15) is 0 Å². The van der Waals surface area contributed by atoms with Gasteiger partial charge >= 0.3 is 0 Å². The second-order valence-corrected chi connectivity index (χ2v) is 8.30. The smallest absolute Gasteiger partial charge is 0.191 e. The van der Waals surface area contributed by atoms with E-state index in [0.717, 1.165) is 63.5 Å². The Hall–Kier alpha value is -2.37. The number of aryl methyl sites for hydroxylation is 2. The molecule has 0 aliphatic carbocycles. The maximum absolute atomic E-state index is 4.44. The Bertz CT molecular complexity index is 791. The molecule has 2 N–H and O–H groups in total. The van der Waals surface area contributed by atoms with E-state index in [1.165, 1.54) is 30.7 Å². The predicted octanol–water partition coefficient (Wildman–Crippen LogP) is 3.86. The number of hydrogen-bond acceptors (Lipinski definition) is 3. The minimum atomic E-state index is 0.123. The maximum atomic E-state index is 4.44. The molecule has 30 heavy (non-hydrogen) atoms. The molecule has 6 heteroatoms. The number of benzene rings is 1. The Balaban J connectivity index is 1.49. The highest BCUT2D eigenvalue weighted by Crippen LogP contribution is 2.30. The zero-order valence-electron chi connectivity index (χ0n) is 19.0. The van der Waals surface area contributed by atoms with Crippen molar-refractivity contribution in [3.8, 4) is 0 Å². The third-order valence-electron chi connectivity index (χ3n) is 6.61. The van der Waals surface area contributed by atoms with Crippen LogP contribution in [0.25, 0.3) is 0 Å². The van der Waals surface area contributed by atoms with E-state index in [1.807, 2.05) is 7.05 Å². The fraction of sp³-hybridized carbons (Fsp3) is 0.625. The lowest BCUT2D eigenvalue weighted by Crippen LogP contribution is -2.45. The number of guanidine groups is 1. The van der Waals surface area contributed by atoms with Crippen molar-refractivity contribution in [1.29, 1.82) is 0 Å². The van der Waals surface area contributed by atoms with Gasteiger partial charge in [0.1, 0.15) is 11.6 Å². The quantitative estimate of drug-likeness (QED) is 0.374. The summed E-state index contributed by atoms with van der Waals surface area (Å²) >= 11 is 0. The van der Waals surface area contributed by atoms with Gasteiger partial charge in [0.05, 0.1) is 0 Å². The SMILES string of the molecule is CCC(CC)(CNC(=NC)NCCCc1nnc2n1CCCCC2)c1ccccc1. The molecule has 1 aliphatic rings. The third-order valence-corrected chi connectivity index (χ3v) is 6.61. The molecule has 3 rings (SSSR count). The van der Waals surface area contributed by atoms with Crippen LogP contribution >= 0.6 is 0 Å². The Morgan fingerprint density at radius 3 is 2.60 bits per heavy atom. The molecular weight excluding hydrogens is 372 g/mol. The van der Waals surface area contributed by atoms with Crippen LogP contribution in [-0.4, -0.2) is 40.9 Å². The van der Waals surface area contributed by atoms with Crippen LogP contribution < -0.4 is 10.6 Å². The topological polar surface area (TPSA) is 67.1 Å². The molecule has 0 amide bonds. The second-order valence-electron chi connectivity index (χ2n) is 8.30. The van der Waals surface area contributed by atoms with E-state index < -0.39 is 0 Å². The van der Waals surface area contributed by atoms with Crippen LogP contribution in [0.1, 0.15) is 69.6 Å². The Kier molecular flexibility index (Phi) is 8.29. The van der Waals surface area contributed by atoms with Crippen molar-refractivity contribution in [1.82, 2.24) is 25.4 Å². The predicted molar refractivity (Wildman–Crippen MR) is 124 cm³/mol. The first-order valence-electron chi connectivity index (χ1n) is 11.6. The molecule has 1 aromatic carbocycles. The van der Waals surface area contributed by atoms with Crippen molar-refractivity contribution in [3.63, 3.8) is 0 Å². The summed E-state index contributed by atoms with van der Waals surface area (Å²) in [4.78, 5) is 4.43. The van der Waals surface area contributed by atoms with Crippen LogP contribution in [-0.2, 0) is 24.8 Å². The van der Waals surface area contributed by atoms with Gasteiger partial charge in [-0.3, -0.25) is 4.99 Å². The van der Waals surface area contributed by atoms with Crippen molar-refractivity contribution in [2.75, 3.05) is 20.1 Å². The first-order chi connectivity index (χ1) is 14.7. The molecule has 6 nitrogen and oxygen atoms in total. The number of rotatable bonds is 9. The van der Waals surface area contributed by atoms with Gasteiger partial charge in [0, 0.05) is 44.9 Å². The molecule has 0 atom stereocenters. The summed E-state index contributed by atoms with van der Waals surface area (Å²) in [6.45, 7) is 7.37. The minimum absolute atomic E-state index is 0.123. The van der Waals surface area contributed by atoms with E-state index in [-0.39, 0.29) is 5.41 Å². The molecule has 0 fully saturated rings. The van der Waals surface area contributed by atoms with Gasteiger partial charge in [0.15, 0.2) is 5.96 Å². The Labute approximate surface area is 181 Å². The van der Waals surface area contributed by atoms with Gasteiger partial charge in [-0.15, -0.1) is 10.2 Å². The summed E-state index contributed by atoms with van der Waals surface area (Å²) in [5, 5.41) is 15.9. The van der Waals surface area contributed by atoms with Crippen molar-refractivity contribution in [2.24, 2.45) is 4.99 Å². The summed E-state index contributed by atoms with van der Waals surface area (Å²) in [5.74, 6) is 3.18. The van der Waals surface area contributed by atoms with E-state index in [0.29, 0.717) is 0 Å². The maximum Gasteiger partial charge on any atom is 0.191 e. The lowest BCUT2D eigenvalue weighted by atomic mass is 9.76. The molecule has 0 radical (unpaired) electrons. The third kappa shape index (κ3) is 5.41. The molecule has 164 valence electrons. The normalized spacial score (nSPS) is 14.8. The van der Waals surface area contributed by atoms with Crippen LogP contribution in [0.2, 0.25) is 0 Å². The van der Waals surface area contributed by atoms with Gasteiger partial charge in [-0.2, -0.15) is 0 Å². The average molecular weight is 411 g/mol. The van der Waals surface area contributed by atoms with Gasteiger partial charge in [-0.05, 0) is 37.7 Å². The largest absolute Gasteiger partial charge is 0.356 e. The monoisotopic (exact) mass is 410 g/mol. The summed E-state index contributed by atoms with van der Waals surface area (Å²) in [6.07, 6.45) is 9.00. The van der Waals surface area contributed by atoms with Crippen LogP contribution in [0.15, 0.2) is 35.3 Å². The second kappa shape index (κ2) is 11.1. The van der Waals surface area contributed by atoms with E-state index in [1.54, 1.807) is 0 Å². The molecule has 2 aromatic rings. The Morgan fingerprint density at radius 1 is 1.07 bits per heavy atom. The molecule has 0 bridgehead atoms. The number of aliphatic imine (C=N–C) groups is 1. The molecule has 1 aliphatic heterocycles. The highest BCUT2D eigenvalue weighted by molar-refractivity contribution is 5.79. The highest BCUT2D eigenvalue weighted by atomic mass is 15.3. The molecule has 2 heterocycles. The van der Waals surface area contributed by atoms with Gasteiger partial charge in [0.25, 0.3) is 0 Å². The van der Waals surface area contributed by atoms with Crippen LogP contribution in [0.3, 0.4) is 0 Å². The van der Waals surface area contributed by atoms with E-state index in [4.69, 9.17) is 0 Å². The van der Waals surface area contributed by atoms with Crippen molar-refractivity contribution in [3.05, 3.63) is 47.5 Å². The number of nitrogens with one attached hydrogen (secondary N) is 2. The summed E-state index contributed by atoms with van der Waals surface area (Å²) in [5.41, 5.74) is 1.52. The lowest BCUT2D eigenvalue weighted by Gasteiger charge is -2.33. The Morgan fingerprint density at radius 2 is 1.87 bits per heavy atom. The standard InChI is InChI=1S/C24H38N6/c1-4-24(5-2,20-13-8-6-9-14-20)19-27-23(25-3)26-17-12-16-22-29-28-21-15-10-7-11-18-30(21)22/h6,8-9,13-14H,4-5,7,10-12,15-19H2,1-3H3,(H2,25,26,27). The number of fused-ring (bicyclic) bond motifs is 1. The summed E-state index contributed by atoms with van der Waals surface area (Å²) in [7, 11) is 1.84. The lowest BCUT2D eigenvalue weighted by molar-refractivity contribution is 0.389. The molecule has 0 saturated heterocycles. The van der Waals surface area contributed by atoms with Crippen molar-refractivity contribution in [2.45, 2.75) is 77.2 Å². The van der Waals surface area contributed by atoms with Gasteiger partial charge in [-0.25, -0.2) is 0 Å². The first-order valence-corrected chi connectivity index (χ1v) is 11.6. The number of nitrogens with zero attached hydrogens (tertiary/aromatic N) is 4. The first kappa shape index (κ1) is 22.3. The van der Waals surface area contributed by atoms with Crippen LogP contribution in [0.4, 0.5) is 0 Å². The summed E-state index contributed by atoms with van der Waals surface area (Å²) in [6, 6.07) is 10.8. The fourth-order valence-electron chi connectivity index (χ4n) is 4.46. The summed E-state index contributed by atoms with van der Waals surface area (Å²) < 4.78 is 2.34. The van der Waals surface area contributed by atoms with Crippen LogP contribution in [0, 0.1) is 0 Å². The van der Waals surface area contributed by atoms with E-state index >= 15 is 0 Å². The van der Waals surface area contributed by atoms with Crippen LogP contribution in [0.5, 0.6) is 0 Å². The zero-order valence-corrected chi connectivity index (χ0v) is 19.0. The number of hydrogen-bond donors (Lipinski definition) is 2. The molecule has 0 spiro atoms. The molecule has 0 saturated carbocycles. The molecular formula is C24H38N6. The molecule has 0 unspecified atom stereocenters. The molecule has 1 aromatic heterocycles. The minimum Gasteiger partial charge on any atom is -0.356 e. The zero-order chi connectivity index (χ0) is 21.2.